The van der Waals surface area contributed by atoms with Gasteiger partial charge in [0.15, 0.2) is 0 Å². The number of rotatable bonds is 4. The lowest BCUT2D eigenvalue weighted by Crippen LogP contribution is -2.33. The van der Waals surface area contributed by atoms with E-state index in [1.54, 1.807) is 21.4 Å². The minimum absolute atomic E-state index is 0.137. The summed E-state index contributed by atoms with van der Waals surface area (Å²) in [6.45, 7) is 1.84. The lowest BCUT2D eigenvalue weighted by Gasteiger charge is -2.24. The maximum absolute atomic E-state index is 13.6. The number of hydrogen-bond acceptors (Lipinski definition) is 5. The Morgan fingerprint density at radius 3 is 2.61 bits per heavy atom. The van der Waals surface area contributed by atoms with Crippen molar-refractivity contribution in [3.05, 3.63) is 81.4 Å². The van der Waals surface area contributed by atoms with Crippen LogP contribution in [0.15, 0.2) is 59.4 Å². The van der Waals surface area contributed by atoms with E-state index in [9.17, 15) is 9.59 Å². The number of nitrogens with zero attached hydrogens (tertiary/aromatic N) is 4. The van der Waals surface area contributed by atoms with Crippen molar-refractivity contribution in [2.45, 2.75) is 12.3 Å². The maximum Gasteiger partial charge on any atom is 0.295 e. The second kappa shape index (κ2) is 8.28. The number of hydrogen-bond donors (Lipinski definition) is 0. The van der Waals surface area contributed by atoms with Crippen LogP contribution < -0.4 is 15.2 Å². The van der Waals surface area contributed by atoms with E-state index >= 15 is 0 Å². The second-order valence-electron chi connectivity index (χ2n) is 7.76. The van der Waals surface area contributed by atoms with Gasteiger partial charge >= 0.3 is 0 Å². The molecule has 0 radical (unpaired) electrons. The molecule has 3 heterocycles. The topological polar surface area (TPSA) is 69.4 Å². The van der Waals surface area contributed by atoms with Crippen LogP contribution in [-0.2, 0) is 11.8 Å². The third-order valence-electron chi connectivity index (χ3n) is 5.90. The highest BCUT2D eigenvalue weighted by Gasteiger charge is 2.39. The predicted octanol–water partition coefficient (Wildman–Crippen LogP) is 4.47. The highest BCUT2D eigenvalue weighted by Crippen LogP contribution is 2.44. The number of fused-ring (bicyclic) bond motifs is 1. The van der Waals surface area contributed by atoms with E-state index in [0.717, 1.165) is 11.1 Å². The molecule has 2 aromatic heterocycles. The monoisotopic (exact) mass is 480 g/mol. The second-order valence-corrected chi connectivity index (χ2v) is 9.19. The summed E-state index contributed by atoms with van der Waals surface area (Å²) in [5.74, 6) is 0.801. The molecular weight excluding hydrogens is 460 g/mol. The summed E-state index contributed by atoms with van der Waals surface area (Å²) in [5.41, 5.74) is 2.92. The van der Waals surface area contributed by atoms with Gasteiger partial charge in [0.25, 0.3) is 5.56 Å². The van der Waals surface area contributed by atoms with Gasteiger partial charge < -0.3 is 4.74 Å². The van der Waals surface area contributed by atoms with Crippen molar-refractivity contribution < 1.29 is 9.53 Å². The van der Waals surface area contributed by atoms with Crippen molar-refractivity contribution in [2.24, 2.45) is 7.05 Å². The molecule has 168 valence electrons. The molecule has 0 saturated carbocycles. The Balaban J connectivity index is 1.65. The molecule has 1 saturated heterocycles. The average molecular weight is 481 g/mol. The molecule has 1 fully saturated rings. The number of thioether (sulfide) groups is 1. The Labute approximate surface area is 199 Å². The molecule has 1 atom stereocenters. The average Bonchev–Trinajstić information content (AvgIpc) is 3.29. The highest BCUT2D eigenvalue weighted by atomic mass is 35.5. The van der Waals surface area contributed by atoms with Crippen LogP contribution in [0.2, 0.25) is 5.15 Å². The molecule has 1 unspecified atom stereocenters. The number of halogens is 1. The molecule has 33 heavy (non-hydrogen) atoms. The first-order valence-corrected chi connectivity index (χ1v) is 11.7. The van der Waals surface area contributed by atoms with Crippen molar-refractivity contribution >= 4 is 45.9 Å². The van der Waals surface area contributed by atoms with Gasteiger partial charge in [-0.05, 0) is 37.3 Å². The van der Waals surface area contributed by atoms with Crippen molar-refractivity contribution in [3.8, 4) is 11.4 Å². The van der Waals surface area contributed by atoms with Gasteiger partial charge in [0.1, 0.15) is 22.0 Å². The predicted molar refractivity (Wildman–Crippen MR) is 132 cm³/mol. The first-order chi connectivity index (χ1) is 15.9. The van der Waals surface area contributed by atoms with Crippen LogP contribution in [0.5, 0.6) is 5.75 Å². The molecule has 0 N–H and O–H groups in total. The Morgan fingerprint density at radius 2 is 1.88 bits per heavy atom. The van der Waals surface area contributed by atoms with Gasteiger partial charge in [-0.2, -0.15) is 0 Å². The highest BCUT2D eigenvalue weighted by molar-refractivity contribution is 8.00. The molecule has 5 rings (SSSR count). The smallest absolute Gasteiger partial charge is 0.295 e. The van der Waals surface area contributed by atoms with Crippen LogP contribution in [0.4, 0.5) is 5.69 Å². The number of methoxy groups -OCH3 is 1. The van der Waals surface area contributed by atoms with Gasteiger partial charge in [0.2, 0.25) is 5.91 Å². The van der Waals surface area contributed by atoms with Gasteiger partial charge in [-0.1, -0.05) is 29.8 Å². The molecular formula is C24H21ClN4O3S. The summed E-state index contributed by atoms with van der Waals surface area (Å²) in [4.78, 5) is 32.7. The molecule has 2 aromatic carbocycles. The third-order valence-corrected chi connectivity index (χ3v) is 7.40. The number of amides is 1. The standard InChI is InChI=1S/C24H21ClN4O3S/c1-14-21(23(31)29(27(14)2)16-7-5-4-6-8-16)28-20(30)13-33-24(28)18-11-15-9-10-17(32-3)12-19(15)26-22(18)25/h4-12,24H,13H2,1-3H3. The molecule has 9 heteroatoms. The Bertz CT molecular complexity index is 1450. The van der Waals surface area contributed by atoms with Crippen LogP contribution in [0, 0.1) is 6.92 Å². The quantitative estimate of drug-likeness (QED) is 0.403. The van der Waals surface area contributed by atoms with E-state index in [-0.39, 0.29) is 17.2 Å². The van der Waals surface area contributed by atoms with Crippen molar-refractivity contribution in [2.75, 3.05) is 17.8 Å². The summed E-state index contributed by atoms with van der Waals surface area (Å²) in [6, 6.07) is 16.9. The molecule has 7 nitrogen and oxygen atoms in total. The van der Waals surface area contributed by atoms with Gasteiger partial charge in [0.05, 0.1) is 29.8 Å². The molecule has 0 spiro atoms. The van der Waals surface area contributed by atoms with Crippen LogP contribution in [0.3, 0.4) is 0 Å². The number of anilines is 1. The summed E-state index contributed by atoms with van der Waals surface area (Å²) < 4.78 is 8.62. The summed E-state index contributed by atoms with van der Waals surface area (Å²) >= 11 is 8.03. The van der Waals surface area contributed by atoms with Crippen molar-refractivity contribution in [3.63, 3.8) is 0 Å². The number of benzene rings is 2. The van der Waals surface area contributed by atoms with E-state index in [0.29, 0.717) is 33.4 Å². The Kier molecular flexibility index (Phi) is 5.42. The Morgan fingerprint density at radius 1 is 1.12 bits per heavy atom. The van der Waals surface area contributed by atoms with E-state index in [1.165, 1.54) is 11.8 Å². The van der Waals surface area contributed by atoms with Crippen LogP contribution >= 0.6 is 23.4 Å². The van der Waals surface area contributed by atoms with E-state index in [2.05, 4.69) is 4.98 Å². The molecule has 0 bridgehead atoms. The number of carbonyl (C=O) groups is 1. The maximum atomic E-state index is 13.6. The fraction of sp³-hybridized carbons (Fsp3) is 0.208. The fourth-order valence-corrected chi connectivity index (χ4v) is 5.65. The molecule has 1 aliphatic rings. The lowest BCUT2D eigenvalue weighted by molar-refractivity contribution is -0.115. The van der Waals surface area contributed by atoms with Gasteiger partial charge in [-0.15, -0.1) is 11.8 Å². The van der Waals surface area contributed by atoms with Gasteiger partial charge in [-0.25, -0.2) is 9.67 Å². The normalized spacial score (nSPS) is 16.1. The van der Waals surface area contributed by atoms with Crippen LogP contribution in [-0.4, -0.2) is 33.1 Å². The Hall–Kier alpha value is -3.23. The molecule has 1 amide bonds. The van der Waals surface area contributed by atoms with Crippen LogP contribution in [0.1, 0.15) is 16.6 Å². The zero-order valence-electron chi connectivity index (χ0n) is 18.3. The van der Waals surface area contributed by atoms with E-state index in [4.69, 9.17) is 16.3 Å². The minimum atomic E-state index is -0.456. The first-order valence-electron chi connectivity index (χ1n) is 10.3. The molecule has 0 aliphatic carbocycles. The van der Waals surface area contributed by atoms with Crippen molar-refractivity contribution in [1.82, 2.24) is 14.3 Å². The largest absolute Gasteiger partial charge is 0.497 e. The number of aromatic nitrogens is 3. The summed E-state index contributed by atoms with van der Waals surface area (Å²) in [6.07, 6.45) is 0. The summed E-state index contributed by atoms with van der Waals surface area (Å²) in [5, 5.41) is 0.716. The van der Waals surface area contributed by atoms with E-state index < -0.39 is 5.37 Å². The van der Waals surface area contributed by atoms with Gasteiger partial charge in [0, 0.05) is 24.1 Å². The van der Waals surface area contributed by atoms with Crippen LogP contribution in [0.25, 0.3) is 16.6 Å². The number of carbonyl (C=O) groups excluding carboxylic acids is 1. The minimum Gasteiger partial charge on any atom is -0.497 e. The molecule has 4 aromatic rings. The lowest BCUT2D eigenvalue weighted by atomic mass is 10.1. The number of ether oxygens (including phenoxy) is 1. The first kappa shape index (κ1) is 21.6. The number of pyridine rings is 1. The van der Waals surface area contributed by atoms with E-state index in [1.807, 2.05) is 68.6 Å². The fourth-order valence-electron chi connectivity index (χ4n) is 4.17. The summed E-state index contributed by atoms with van der Waals surface area (Å²) in [7, 11) is 3.41. The molecule has 1 aliphatic heterocycles. The zero-order chi connectivity index (χ0) is 23.3. The number of para-hydroxylation sites is 1. The third kappa shape index (κ3) is 3.50. The van der Waals surface area contributed by atoms with Crippen molar-refractivity contribution in [1.29, 1.82) is 0 Å². The van der Waals surface area contributed by atoms with Gasteiger partial charge in [-0.3, -0.25) is 19.2 Å². The SMILES string of the molecule is COc1ccc2cc(C3SCC(=O)N3c3c(C)n(C)n(-c4ccccc4)c3=O)c(Cl)nc2c1. The zero-order valence-corrected chi connectivity index (χ0v) is 19.9.